The monoisotopic (exact) mass is 437 g/mol. The molecule has 0 fully saturated rings. The number of hydrogen-bond acceptors (Lipinski definition) is 3. The molecule has 32 heavy (non-hydrogen) atoms. The number of nitrogens with one attached hydrogen (secondary N) is 1. The van der Waals surface area contributed by atoms with Crippen LogP contribution in [-0.2, 0) is 0 Å². The lowest BCUT2D eigenvalue weighted by Gasteiger charge is -2.09. The molecule has 0 aliphatic rings. The van der Waals surface area contributed by atoms with Crippen LogP contribution in [0.2, 0.25) is 0 Å². The summed E-state index contributed by atoms with van der Waals surface area (Å²) in [7, 11) is 0. The first kappa shape index (κ1) is 21.6. The van der Waals surface area contributed by atoms with Crippen LogP contribution >= 0.6 is 11.8 Å². The lowest BCUT2D eigenvalue weighted by atomic mass is 10.0. The van der Waals surface area contributed by atoms with Crippen molar-refractivity contribution in [2.24, 2.45) is 0 Å². The number of amides is 1. The first-order chi connectivity index (χ1) is 15.6. The van der Waals surface area contributed by atoms with Crippen LogP contribution in [0.1, 0.15) is 26.3 Å². The smallest absolute Gasteiger partial charge is 0.255 e. The first-order valence-corrected chi connectivity index (χ1v) is 11.4. The van der Waals surface area contributed by atoms with Gasteiger partial charge in [0, 0.05) is 21.7 Å². The molecule has 0 heterocycles. The van der Waals surface area contributed by atoms with Gasteiger partial charge in [-0.1, -0.05) is 78.9 Å². The second kappa shape index (κ2) is 10.1. The van der Waals surface area contributed by atoms with Gasteiger partial charge < -0.3 is 5.32 Å². The average Bonchev–Trinajstić information content (AvgIpc) is 2.83. The molecule has 4 aromatic rings. The van der Waals surface area contributed by atoms with E-state index in [0.717, 1.165) is 21.6 Å². The molecule has 4 aromatic carbocycles. The van der Waals surface area contributed by atoms with Crippen LogP contribution in [0.15, 0.2) is 108 Å². The number of carbonyl (C=O) groups excluding carboxylic acids is 2. The highest BCUT2D eigenvalue weighted by atomic mass is 32.2. The summed E-state index contributed by atoms with van der Waals surface area (Å²) in [5, 5.41) is 2.94. The molecule has 0 aliphatic carbocycles. The van der Waals surface area contributed by atoms with Gasteiger partial charge in [0.2, 0.25) is 0 Å². The third kappa shape index (κ3) is 5.34. The Morgan fingerprint density at radius 3 is 2.19 bits per heavy atom. The number of benzene rings is 4. The van der Waals surface area contributed by atoms with E-state index in [-0.39, 0.29) is 11.7 Å². The quantitative estimate of drug-likeness (QED) is 0.253. The summed E-state index contributed by atoms with van der Waals surface area (Å²) in [6.45, 7) is 1.92. The highest BCUT2D eigenvalue weighted by molar-refractivity contribution is 8.00. The fourth-order valence-corrected chi connectivity index (χ4v) is 4.25. The summed E-state index contributed by atoms with van der Waals surface area (Å²) in [5.74, 6) is 0.267. The molecule has 0 saturated heterocycles. The van der Waals surface area contributed by atoms with Crippen molar-refractivity contribution in [3.8, 4) is 11.1 Å². The van der Waals surface area contributed by atoms with Crippen LogP contribution in [0, 0.1) is 6.92 Å². The second-order valence-corrected chi connectivity index (χ2v) is 8.50. The van der Waals surface area contributed by atoms with E-state index in [2.05, 4.69) is 17.4 Å². The van der Waals surface area contributed by atoms with Crippen molar-refractivity contribution in [3.05, 3.63) is 120 Å². The molecule has 4 heteroatoms. The summed E-state index contributed by atoms with van der Waals surface area (Å²) in [6, 6.07) is 32.9. The molecule has 0 bridgehead atoms. The van der Waals surface area contributed by atoms with Gasteiger partial charge in [0.25, 0.3) is 5.91 Å². The van der Waals surface area contributed by atoms with Crippen LogP contribution in [0.25, 0.3) is 11.1 Å². The molecule has 0 aliphatic heterocycles. The maximum Gasteiger partial charge on any atom is 0.255 e. The number of Topliss-reactive ketones (excluding diaryl/α,β-unsaturated/α-hetero) is 1. The molecule has 158 valence electrons. The van der Waals surface area contributed by atoms with E-state index in [1.54, 1.807) is 0 Å². The Balaban J connectivity index is 1.37. The molecule has 1 N–H and O–H groups in total. The summed E-state index contributed by atoms with van der Waals surface area (Å²) >= 11 is 1.46. The minimum absolute atomic E-state index is 0.0731. The Bertz CT molecular complexity index is 1230. The maximum absolute atomic E-state index is 12.7. The van der Waals surface area contributed by atoms with Crippen molar-refractivity contribution in [1.29, 1.82) is 0 Å². The SMILES string of the molecule is Cc1ccccc1C(=O)Nc1cccc(SCC(=O)c2ccc(-c3ccccc3)cc2)c1. The van der Waals surface area contributed by atoms with Gasteiger partial charge in [-0.05, 0) is 47.9 Å². The number of rotatable bonds is 7. The predicted molar refractivity (Wildman–Crippen MR) is 133 cm³/mol. The van der Waals surface area contributed by atoms with Gasteiger partial charge in [-0.3, -0.25) is 9.59 Å². The van der Waals surface area contributed by atoms with Crippen LogP contribution in [0.3, 0.4) is 0 Å². The number of anilines is 1. The standard InChI is InChI=1S/C28H23NO2S/c1-20-8-5-6-13-26(20)28(31)29-24-11-7-12-25(18-24)32-19-27(30)23-16-14-22(15-17-23)21-9-3-2-4-10-21/h2-18H,19H2,1H3,(H,29,31). The maximum atomic E-state index is 12.7. The Kier molecular flexibility index (Phi) is 6.83. The molecular formula is C28H23NO2S. The predicted octanol–water partition coefficient (Wildman–Crippen LogP) is 6.89. The van der Waals surface area contributed by atoms with Crippen molar-refractivity contribution in [3.63, 3.8) is 0 Å². The fraction of sp³-hybridized carbons (Fsp3) is 0.0714. The van der Waals surface area contributed by atoms with E-state index in [0.29, 0.717) is 22.6 Å². The second-order valence-electron chi connectivity index (χ2n) is 7.45. The molecule has 0 saturated carbocycles. The fourth-order valence-electron chi connectivity index (χ4n) is 3.40. The van der Waals surface area contributed by atoms with E-state index >= 15 is 0 Å². The van der Waals surface area contributed by atoms with E-state index < -0.39 is 0 Å². The van der Waals surface area contributed by atoms with Crippen molar-refractivity contribution in [1.82, 2.24) is 0 Å². The number of ketones is 1. The van der Waals surface area contributed by atoms with Crippen molar-refractivity contribution in [2.75, 3.05) is 11.1 Å². The average molecular weight is 438 g/mol. The minimum Gasteiger partial charge on any atom is -0.322 e. The largest absolute Gasteiger partial charge is 0.322 e. The Labute approximate surface area is 192 Å². The Hall–Kier alpha value is -3.63. The summed E-state index contributed by atoms with van der Waals surface area (Å²) in [5.41, 5.74) is 5.21. The molecule has 3 nitrogen and oxygen atoms in total. The molecule has 0 atom stereocenters. The number of carbonyl (C=O) groups is 2. The molecule has 4 rings (SSSR count). The molecule has 0 radical (unpaired) electrons. The summed E-state index contributed by atoms with van der Waals surface area (Å²) in [6.07, 6.45) is 0. The first-order valence-electron chi connectivity index (χ1n) is 10.4. The topological polar surface area (TPSA) is 46.2 Å². The van der Waals surface area contributed by atoms with E-state index in [1.807, 2.05) is 97.9 Å². The van der Waals surface area contributed by atoms with Gasteiger partial charge in [-0.25, -0.2) is 0 Å². The van der Waals surface area contributed by atoms with Crippen molar-refractivity contribution in [2.45, 2.75) is 11.8 Å². The van der Waals surface area contributed by atoms with Gasteiger partial charge in [-0.2, -0.15) is 0 Å². The molecule has 0 aromatic heterocycles. The number of thioether (sulfide) groups is 1. The molecule has 0 unspecified atom stereocenters. The van der Waals surface area contributed by atoms with Gasteiger partial charge in [-0.15, -0.1) is 11.8 Å². The Morgan fingerprint density at radius 1 is 0.750 bits per heavy atom. The third-order valence-corrected chi connectivity index (χ3v) is 6.16. The van der Waals surface area contributed by atoms with Gasteiger partial charge in [0.1, 0.15) is 0 Å². The van der Waals surface area contributed by atoms with Crippen molar-refractivity contribution >= 4 is 29.1 Å². The van der Waals surface area contributed by atoms with Crippen LogP contribution in [0.4, 0.5) is 5.69 Å². The Morgan fingerprint density at radius 2 is 1.44 bits per heavy atom. The van der Waals surface area contributed by atoms with Crippen LogP contribution in [0.5, 0.6) is 0 Å². The highest BCUT2D eigenvalue weighted by Gasteiger charge is 2.10. The lowest BCUT2D eigenvalue weighted by Crippen LogP contribution is -2.13. The molecule has 0 spiro atoms. The zero-order valence-corrected chi connectivity index (χ0v) is 18.6. The highest BCUT2D eigenvalue weighted by Crippen LogP contribution is 2.24. The molecular weight excluding hydrogens is 414 g/mol. The van der Waals surface area contributed by atoms with Gasteiger partial charge in [0.05, 0.1) is 5.75 Å². The van der Waals surface area contributed by atoms with E-state index in [1.165, 1.54) is 11.8 Å². The van der Waals surface area contributed by atoms with Crippen molar-refractivity contribution < 1.29 is 9.59 Å². The number of aryl methyl sites for hydroxylation is 1. The van der Waals surface area contributed by atoms with Crippen LogP contribution in [-0.4, -0.2) is 17.4 Å². The third-order valence-electron chi connectivity index (χ3n) is 5.17. The summed E-state index contributed by atoms with van der Waals surface area (Å²) in [4.78, 5) is 26.1. The molecule has 1 amide bonds. The number of hydrogen-bond donors (Lipinski definition) is 1. The zero-order valence-electron chi connectivity index (χ0n) is 17.7. The van der Waals surface area contributed by atoms with Gasteiger partial charge in [0.15, 0.2) is 5.78 Å². The van der Waals surface area contributed by atoms with E-state index in [4.69, 9.17) is 0 Å². The summed E-state index contributed by atoms with van der Waals surface area (Å²) < 4.78 is 0. The van der Waals surface area contributed by atoms with Gasteiger partial charge >= 0.3 is 0 Å². The zero-order chi connectivity index (χ0) is 22.3. The normalized spacial score (nSPS) is 10.5. The minimum atomic E-state index is -0.139. The lowest BCUT2D eigenvalue weighted by molar-refractivity contribution is 0.101. The van der Waals surface area contributed by atoms with Crippen LogP contribution < -0.4 is 5.32 Å². The van der Waals surface area contributed by atoms with E-state index in [9.17, 15) is 9.59 Å².